The fraction of sp³-hybridized carbons (Fsp3) is 0.474. The number of nitrogens with zero attached hydrogens (tertiary/aromatic N) is 2. The van der Waals surface area contributed by atoms with E-state index < -0.39 is 0 Å². The van der Waals surface area contributed by atoms with Crippen molar-refractivity contribution in [2.45, 2.75) is 44.7 Å². The van der Waals surface area contributed by atoms with Crippen molar-refractivity contribution in [3.05, 3.63) is 41.6 Å². The molecule has 2 heterocycles. The van der Waals surface area contributed by atoms with Crippen LogP contribution in [0.4, 0.5) is 0 Å². The van der Waals surface area contributed by atoms with Crippen LogP contribution in [0.2, 0.25) is 0 Å². The Morgan fingerprint density at radius 1 is 1.30 bits per heavy atom. The number of aryl methyl sites for hydroxylation is 1. The molecule has 1 aliphatic heterocycles. The first kappa shape index (κ1) is 14.6. The molecule has 4 nitrogen and oxygen atoms in total. The molecular weight excluding hydrogens is 286 g/mol. The lowest BCUT2D eigenvalue weighted by Gasteiger charge is -2.26. The molecule has 1 unspecified atom stereocenters. The van der Waals surface area contributed by atoms with Gasteiger partial charge >= 0.3 is 0 Å². The zero-order valence-electron chi connectivity index (χ0n) is 13.6. The Balaban J connectivity index is 1.68. The second kappa shape index (κ2) is 5.93. The first-order valence-electron chi connectivity index (χ1n) is 8.63. The van der Waals surface area contributed by atoms with E-state index >= 15 is 0 Å². The number of pyridine rings is 1. The zero-order chi connectivity index (χ0) is 15.8. The van der Waals surface area contributed by atoms with Gasteiger partial charge in [-0.1, -0.05) is 18.2 Å². The predicted molar refractivity (Wildman–Crippen MR) is 91.6 cm³/mol. The van der Waals surface area contributed by atoms with Gasteiger partial charge in [0, 0.05) is 29.7 Å². The highest BCUT2D eigenvalue weighted by Gasteiger charge is 2.35. The lowest BCUT2D eigenvalue weighted by molar-refractivity contribution is 0.0730. The van der Waals surface area contributed by atoms with Crippen LogP contribution in [0, 0.1) is 6.92 Å². The third-order valence-electron chi connectivity index (χ3n) is 4.90. The predicted octanol–water partition coefficient (Wildman–Crippen LogP) is 2.90. The van der Waals surface area contributed by atoms with Crippen molar-refractivity contribution in [2.75, 3.05) is 13.1 Å². The molecule has 1 N–H and O–H groups in total. The fourth-order valence-corrected chi connectivity index (χ4v) is 3.57. The minimum Gasteiger partial charge on any atom is -0.334 e. The molecule has 23 heavy (non-hydrogen) atoms. The molecule has 120 valence electrons. The SMILES string of the molecule is Cc1cc(C(=O)N(CC2CCCN2)C2CC2)c2ccccc2n1. The van der Waals surface area contributed by atoms with Crippen LogP contribution in [0.3, 0.4) is 0 Å². The maximum Gasteiger partial charge on any atom is 0.254 e. The summed E-state index contributed by atoms with van der Waals surface area (Å²) in [6, 6.07) is 10.8. The Hall–Kier alpha value is -1.94. The highest BCUT2D eigenvalue weighted by molar-refractivity contribution is 6.06. The molecule has 2 fully saturated rings. The smallest absolute Gasteiger partial charge is 0.254 e. The Bertz CT molecular complexity index is 732. The molecule has 1 atom stereocenters. The standard InChI is InChI=1S/C19H23N3O/c1-13-11-17(16-6-2-3-7-18(16)21-13)19(23)22(15-8-9-15)12-14-5-4-10-20-14/h2-3,6-7,11,14-15,20H,4-5,8-10,12H2,1H3. The number of benzene rings is 1. The van der Waals surface area contributed by atoms with E-state index in [0.29, 0.717) is 12.1 Å². The first-order valence-corrected chi connectivity index (χ1v) is 8.63. The number of fused-ring (bicyclic) bond motifs is 1. The molecule has 4 heteroatoms. The Morgan fingerprint density at radius 3 is 2.87 bits per heavy atom. The van der Waals surface area contributed by atoms with Gasteiger partial charge in [-0.15, -0.1) is 0 Å². The number of para-hydroxylation sites is 1. The van der Waals surface area contributed by atoms with E-state index in [0.717, 1.165) is 48.1 Å². The summed E-state index contributed by atoms with van der Waals surface area (Å²) in [5.74, 6) is 0.169. The molecule has 1 aromatic heterocycles. The van der Waals surface area contributed by atoms with E-state index in [9.17, 15) is 4.79 Å². The summed E-state index contributed by atoms with van der Waals surface area (Å²) < 4.78 is 0. The number of rotatable bonds is 4. The minimum atomic E-state index is 0.169. The second-order valence-corrected chi connectivity index (χ2v) is 6.81. The third-order valence-corrected chi connectivity index (χ3v) is 4.90. The van der Waals surface area contributed by atoms with Crippen molar-refractivity contribution < 1.29 is 4.79 Å². The summed E-state index contributed by atoms with van der Waals surface area (Å²) in [5.41, 5.74) is 2.62. The lowest BCUT2D eigenvalue weighted by atomic mass is 10.1. The molecule has 2 aromatic rings. The van der Waals surface area contributed by atoms with Gasteiger partial charge in [-0.05, 0) is 51.3 Å². The average molecular weight is 309 g/mol. The largest absolute Gasteiger partial charge is 0.334 e. The third kappa shape index (κ3) is 2.95. The van der Waals surface area contributed by atoms with Crippen molar-refractivity contribution in [1.29, 1.82) is 0 Å². The number of nitrogens with one attached hydrogen (secondary N) is 1. The number of carbonyl (C=O) groups is 1. The van der Waals surface area contributed by atoms with Crippen LogP contribution in [0.15, 0.2) is 30.3 Å². The highest BCUT2D eigenvalue weighted by atomic mass is 16.2. The van der Waals surface area contributed by atoms with Crippen molar-refractivity contribution in [3.8, 4) is 0 Å². The highest BCUT2D eigenvalue weighted by Crippen LogP contribution is 2.30. The fourth-order valence-electron chi connectivity index (χ4n) is 3.57. The van der Waals surface area contributed by atoms with E-state index in [1.165, 1.54) is 12.8 Å². The maximum atomic E-state index is 13.3. The first-order chi connectivity index (χ1) is 11.2. The zero-order valence-corrected chi connectivity index (χ0v) is 13.6. The van der Waals surface area contributed by atoms with Crippen LogP contribution in [0.1, 0.15) is 41.7 Å². The quantitative estimate of drug-likeness (QED) is 0.944. The van der Waals surface area contributed by atoms with Gasteiger partial charge in [0.15, 0.2) is 0 Å². The second-order valence-electron chi connectivity index (χ2n) is 6.81. The maximum absolute atomic E-state index is 13.3. The molecule has 1 amide bonds. The van der Waals surface area contributed by atoms with Gasteiger partial charge < -0.3 is 10.2 Å². The van der Waals surface area contributed by atoms with Crippen molar-refractivity contribution in [2.24, 2.45) is 0 Å². The summed E-state index contributed by atoms with van der Waals surface area (Å²) in [4.78, 5) is 19.9. The number of hydrogen-bond donors (Lipinski definition) is 1. The molecule has 4 rings (SSSR count). The summed E-state index contributed by atoms with van der Waals surface area (Å²) in [5, 5.41) is 4.48. The number of hydrogen-bond acceptors (Lipinski definition) is 3. The van der Waals surface area contributed by atoms with Crippen molar-refractivity contribution in [1.82, 2.24) is 15.2 Å². The molecule has 1 saturated carbocycles. The van der Waals surface area contributed by atoms with E-state index in [1.807, 2.05) is 37.3 Å². The topological polar surface area (TPSA) is 45.2 Å². The molecular formula is C19H23N3O. The molecule has 1 aromatic carbocycles. The van der Waals surface area contributed by atoms with Crippen molar-refractivity contribution in [3.63, 3.8) is 0 Å². The number of aromatic nitrogens is 1. The minimum absolute atomic E-state index is 0.169. The van der Waals surface area contributed by atoms with Gasteiger partial charge in [0.05, 0.1) is 11.1 Å². The summed E-state index contributed by atoms with van der Waals surface area (Å²) >= 11 is 0. The summed E-state index contributed by atoms with van der Waals surface area (Å²) in [6.45, 7) is 3.87. The van der Waals surface area contributed by atoms with E-state index in [-0.39, 0.29) is 5.91 Å². The van der Waals surface area contributed by atoms with Gasteiger partial charge in [0.2, 0.25) is 0 Å². The van der Waals surface area contributed by atoms with Gasteiger partial charge in [0.25, 0.3) is 5.91 Å². The summed E-state index contributed by atoms with van der Waals surface area (Å²) in [6.07, 6.45) is 4.67. The Kier molecular flexibility index (Phi) is 3.77. The molecule has 1 saturated heterocycles. The van der Waals surface area contributed by atoms with Gasteiger partial charge in [0.1, 0.15) is 0 Å². The molecule has 0 bridgehead atoms. The van der Waals surface area contributed by atoms with Gasteiger partial charge in [-0.2, -0.15) is 0 Å². The van der Waals surface area contributed by atoms with E-state index in [1.54, 1.807) is 0 Å². The number of amides is 1. The average Bonchev–Trinajstić information content (AvgIpc) is 3.27. The monoisotopic (exact) mass is 309 g/mol. The van der Waals surface area contributed by atoms with E-state index in [2.05, 4.69) is 15.2 Å². The summed E-state index contributed by atoms with van der Waals surface area (Å²) in [7, 11) is 0. The number of carbonyl (C=O) groups excluding carboxylic acids is 1. The van der Waals surface area contributed by atoms with Crippen LogP contribution in [0.25, 0.3) is 10.9 Å². The van der Waals surface area contributed by atoms with Crippen LogP contribution in [0.5, 0.6) is 0 Å². The molecule has 1 aliphatic carbocycles. The van der Waals surface area contributed by atoms with Gasteiger partial charge in [-0.3, -0.25) is 9.78 Å². The molecule has 0 spiro atoms. The lowest BCUT2D eigenvalue weighted by Crippen LogP contribution is -2.42. The Labute approximate surface area is 136 Å². The van der Waals surface area contributed by atoms with Crippen LogP contribution in [-0.4, -0.2) is 41.0 Å². The van der Waals surface area contributed by atoms with Crippen LogP contribution in [-0.2, 0) is 0 Å². The Morgan fingerprint density at radius 2 is 2.13 bits per heavy atom. The van der Waals surface area contributed by atoms with E-state index in [4.69, 9.17) is 0 Å². The molecule has 2 aliphatic rings. The normalized spacial score (nSPS) is 20.8. The van der Waals surface area contributed by atoms with Crippen molar-refractivity contribution >= 4 is 16.8 Å². The van der Waals surface area contributed by atoms with Gasteiger partial charge in [-0.25, -0.2) is 0 Å². The molecule has 0 radical (unpaired) electrons. The van der Waals surface area contributed by atoms with Crippen LogP contribution < -0.4 is 5.32 Å². The van der Waals surface area contributed by atoms with Crippen LogP contribution >= 0.6 is 0 Å².